The molecule has 1 atom stereocenters. The van der Waals surface area contributed by atoms with E-state index >= 15 is 0 Å². The van der Waals surface area contributed by atoms with Gasteiger partial charge in [-0.3, -0.25) is 0 Å². The van der Waals surface area contributed by atoms with Crippen LogP contribution in [0.5, 0.6) is 0 Å². The van der Waals surface area contributed by atoms with Crippen LogP contribution in [-0.4, -0.2) is 12.6 Å². The van der Waals surface area contributed by atoms with E-state index in [9.17, 15) is 4.79 Å². The molecule has 32 heavy (non-hydrogen) atoms. The van der Waals surface area contributed by atoms with E-state index in [0.717, 1.165) is 12.0 Å². The number of hydrogen-bond donors (Lipinski definition) is 0. The standard InChI is InChI=1S/C30H40O2/c1-10-32-28(31)23-13-11-22(12-14-23)16-20(4)25-18-27-26(17-24(25)15-19(2)3)29(6,7)21(5)30(27,8)9/h11-14,16-19,21H,10,15H2,1-9H3. The summed E-state index contributed by atoms with van der Waals surface area (Å²) in [6, 6.07) is 12.7. The van der Waals surface area contributed by atoms with Gasteiger partial charge in [0.25, 0.3) is 0 Å². The molecule has 0 heterocycles. The number of ether oxygens (including phenoxy) is 1. The maximum absolute atomic E-state index is 12.0. The van der Waals surface area contributed by atoms with Crippen LogP contribution in [0.3, 0.4) is 0 Å². The number of hydrogen-bond acceptors (Lipinski definition) is 2. The van der Waals surface area contributed by atoms with Gasteiger partial charge >= 0.3 is 5.97 Å². The maximum Gasteiger partial charge on any atom is 0.338 e. The molecule has 1 unspecified atom stereocenters. The van der Waals surface area contributed by atoms with Gasteiger partial charge in [0.1, 0.15) is 0 Å². The van der Waals surface area contributed by atoms with Gasteiger partial charge in [-0.05, 0) is 88.5 Å². The summed E-state index contributed by atoms with van der Waals surface area (Å²) in [4.78, 5) is 12.0. The molecule has 2 nitrogen and oxygen atoms in total. The average molecular weight is 433 g/mol. The quantitative estimate of drug-likeness (QED) is 0.343. The average Bonchev–Trinajstić information content (AvgIpc) is 2.85. The van der Waals surface area contributed by atoms with Crippen molar-refractivity contribution in [2.45, 2.75) is 79.6 Å². The fourth-order valence-corrected chi connectivity index (χ4v) is 5.31. The summed E-state index contributed by atoms with van der Waals surface area (Å²) in [5.74, 6) is 0.904. The Hall–Kier alpha value is -2.35. The molecule has 2 aromatic rings. The van der Waals surface area contributed by atoms with Crippen LogP contribution in [0.25, 0.3) is 11.6 Å². The third kappa shape index (κ3) is 4.42. The Kier molecular flexibility index (Phi) is 6.75. The summed E-state index contributed by atoms with van der Waals surface area (Å²) in [7, 11) is 0. The van der Waals surface area contributed by atoms with E-state index in [2.05, 4.69) is 73.6 Å². The largest absolute Gasteiger partial charge is 0.462 e. The zero-order valence-corrected chi connectivity index (χ0v) is 21.4. The molecule has 1 aliphatic rings. The van der Waals surface area contributed by atoms with E-state index in [1.54, 1.807) is 0 Å². The minimum absolute atomic E-state index is 0.144. The summed E-state index contributed by atoms with van der Waals surface area (Å²) in [6.45, 7) is 21.0. The molecular formula is C30H40O2. The van der Waals surface area contributed by atoms with Crippen LogP contribution in [0.4, 0.5) is 0 Å². The van der Waals surface area contributed by atoms with Gasteiger partial charge in [0.05, 0.1) is 12.2 Å². The van der Waals surface area contributed by atoms with Crippen molar-refractivity contribution in [1.82, 2.24) is 0 Å². The summed E-state index contributed by atoms with van der Waals surface area (Å²) < 4.78 is 5.10. The van der Waals surface area contributed by atoms with Crippen molar-refractivity contribution in [3.8, 4) is 0 Å². The first-order chi connectivity index (χ1) is 14.9. The number of rotatable bonds is 6. The van der Waals surface area contributed by atoms with Crippen molar-refractivity contribution in [3.63, 3.8) is 0 Å². The summed E-state index contributed by atoms with van der Waals surface area (Å²) in [5.41, 5.74) is 9.06. The normalized spacial score (nSPS) is 19.2. The first-order valence-corrected chi connectivity index (χ1v) is 12.0. The molecule has 0 saturated carbocycles. The topological polar surface area (TPSA) is 26.3 Å². The van der Waals surface area contributed by atoms with Gasteiger partial charge in [-0.25, -0.2) is 4.79 Å². The second-order valence-electron chi connectivity index (χ2n) is 11.0. The van der Waals surface area contributed by atoms with Crippen molar-refractivity contribution in [1.29, 1.82) is 0 Å². The van der Waals surface area contributed by atoms with Gasteiger partial charge in [0.15, 0.2) is 0 Å². The van der Waals surface area contributed by atoms with E-state index in [1.165, 1.54) is 27.8 Å². The van der Waals surface area contributed by atoms with Crippen molar-refractivity contribution in [2.75, 3.05) is 6.61 Å². The second-order valence-corrected chi connectivity index (χ2v) is 11.0. The third-order valence-corrected chi connectivity index (χ3v) is 7.65. The molecule has 172 valence electrons. The third-order valence-electron chi connectivity index (χ3n) is 7.65. The SMILES string of the molecule is CCOC(=O)c1ccc(C=C(C)c2cc3c(cc2CC(C)C)C(C)(C)C(C)C3(C)C)cc1. The molecule has 2 heteroatoms. The van der Waals surface area contributed by atoms with Gasteiger partial charge in [-0.1, -0.05) is 78.8 Å². The Morgan fingerprint density at radius 1 is 1.03 bits per heavy atom. The molecule has 0 bridgehead atoms. The minimum Gasteiger partial charge on any atom is -0.462 e. The minimum atomic E-state index is -0.267. The van der Waals surface area contributed by atoms with Crippen LogP contribution in [-0.2, 0) is 22.0 Å². The Balaban J connectivity index is 2.06. The lowest BCUT2D eigenvalue weighted by atomic mass is 9.71. The van der Waals surface area contributed by atoms with Gasteiger partial charge in [0.2, 0.25) is 0 Å². The first kappa shape index (κ1) is 24.3. The molecule has 0 spiro atoms. The van der Waals surface area contributed by atoms with Gasteiger partial charge in [-0.2, -0.15) is 0 Å². The van der Waals surface area contributed by atoms with Gasteiger partial charge in [0, 0.05) is 0 Å². The molecule has 0 aromatic heterocycles. The summed E-state index contributed by atoms with van der Waals surface area (Å²) in [6.07, 6.45) is 3.30. The van der Waals surface area contributed by atoms with Gasteiger partial charge < -0.3 is 4.74 Å². The molecule has 0 radical (unpaired) electrons. The lowest BCUT2D eigenvalue weighted by Crippen LogP contribution is -2.30. The smallest absolute Gasteiger partial charge is 0.338 e. The van der Waals surface area contributed by atoms with Crippen molar-refractivity contribution in [3.05, 3.63) is 69.8 Å². The van der Waals surface area contributed by atoms with E-state index < -0.39 is 0 Å². The van der Waals surface area contributed by atoms with E-state index in [0.29, 0.717) is 24.0 Å². The Morgan fingerprint density at radius 3 is 2.12 bits per heavy atom. The Morgan fingerprint density at radius 2 is 1.59 bits per heavy atom. The molecule has 0 saturated heterocycles. The molecule has 0 amide bonds. The van der Waals surface area contributed by atoms with Crippen LogP contribution >= 0.6 is 0 Å². The molecule has 0 fully saturated rings. The predicted molar refractivity (Wildman–Crippen MR) is 136 cm³/mol. The number of fused-ring (bicyclic) bond motifs is 1. The fourth-order valence-electron chi connectivity index (χ4n) is 5.31. The molecule has 0 aliphatic heterocycles. The van der Waals surface area contributed by atoms with Crippen LogP contribution in [0.2, 0.25) is 0 Å². The highest BCUT2D eigenvalue weighted by Crippen LogP contribution is 2.54. The van der Waals surface area contributed by atoms with E-state index in [1.807, 2.05) is 31.2 Å². The molecule has 2 aromatic carbocycles. The van der Waals surface area contributed by atoms with Crippen LogP contribution in [0.15, 0.2) is 36.4 Å². The summed E-state index contributed by atoms with van der Waals surface area (Å²) >= 11 is 0. The highest BCUT2D eigenvalue weighted by atomic mass is 16.5. The predicted octanol–water partition coefficient (Wildman–Crippen LogP) is 7.83. The Bertz CT molecular complexity index is 1020. The van der Waals surface area contributed by atoms with E-state index in [4.69, 9.17) is 4.74 Å². The van der Waals surface area contributed by atoms with Crippen molar-refractivity contribution in [2.24, 2.45) is 11.8 Å². The first-order valence-electron chi connectivity index (χ1n) is 12.0. The summed E-state index contributed by atoms with van der Waals surface area (Å²) in [5, 5.41) is 0. The number of benzene rings is 2. The van der Waals surface area contributed by atoms with E-state index in [-0.39, 0.29) is 16.8 Å². The Labute approximate surface area is 195 Å². The molecular weight excluding hydrogens is 392 g/mol. The lowest BCUT2D eigenvalue weighted by Gasteiger charge is -2.32. The zero-order valence-electron chi connectivity index (χ0n) is 21.4. The number of esters is 1. The fraction of sp³-hybridized carbons (Fsp3) is 0.500. The maximum atomic E-state index is 12.0. The molecule has 0 N–H and O–H groups in total. The lowest BCUT2D eigenvalue weighted by molar-refractivity contribution is 0.0526. The van der Waals surface area contributed by atoms with Crippen molar-refractivity contribution >= 4 is 17.6 Å². The number of carbonyl (C=O) groups excluding carboxylic acids is 1. The molecule has 3 rings (SSSR count). The van der Waals surface area contributed by atoms with Crippen LogP contribution in [0.1, 0.15) is 100 Å². The van der Waals surface area contributed by atoms with Crippen LogP contribution in [0, 0.1) is 11.8 Å². The second kappa shape index (κ2) is 8.89. The highest BCUT2D eigenvalue weighted by Gasteiger charge is 2.48. The highest BCUT2D eigenvalue weighted by molar-refractivity contribution is 5.90. The molecule has 1 aliphatic carbocycles. The number of allylic oxidation sites excluding steroid dienone is 1. The number of carbonyl (C=O) groups is 1. The van der Waals surface area contributed by atoms with Crippen molar-refractivity contribution < 1.29 is 9.53 Å². The monoisotopic (exact) mass is 432 g/mol. The van der Waals surface area contributed by atoms with Gasteiger partial charge in [-0.15, -0.1) is 0 Å². The van der Waals surface area contributed by atoms with Crippen LogP contribution < -0.4 is 0 Å². The zero-order chi connectivity index (χ0) is 23.8.